The molecule has 2 aromatic carbocycles. The van der Waals surface area contributed by atoms with E-state index in [0.717, 1.165) is 0 Å². The van der Waals surface area contributed by atoms with E-state index in [1.165, 1.54) is 48.8 Å². The van der Waals surface area contributed by atoms with Crippen molar-refractivity contribution in [3.63, 3.8) is 0 Å². The Morgan fingerprint density at radius 3 is 1.23 bits per heavy atom. The van der Waals surface area contributed by atoms with Crippen LogP contribution in [0, 0.1) is 11.6 Å². The number of carbonyl (C=O) groups is 4. The summed E-state index contributed by atoms with van der Waals surface area (Å²) in [6.07, 6.45) is 3.50. The molecule has 0 unspecified atom stereocenters. The molecule has 14 heteroatoms. The summed E-state index contributed by atoms with van der Waals surface area (Å²) in [5.74, 6) is -4.81. The number of hydrogen-bond donors (Lipinski definition) is 4. The number of pyridine rings is 2. The highest BCUT2D eigenvalue weighted by Crippen LogP contribution is 2.14. The number of nitrogens with zero attached hydrogens (tertiary/aromatic N) is 2. The fourth-order valence-electron chi connectivity index (χ4n) is 2.86. The predicted molar refractivity (Wildman–Crippen MR) is 148 cm³/mol. The molecule has 0 radical (unpaired) electrons. The van der Waals surface area contributed by atoms with Gasteiger partial charge in [0.2, 0.25) is 11.8 Å². The largest absolute Gasteiger partial charge is 0.478 e. The number of aromatic carboxylic acids is 2. The fourth-order valence-corrected chi connectivity index (χ4v) is 2.86. The lowest BCUT2D eigenvalue weighted by molar-refractivity contribution is -0.134. The molecular formula is C30H24F2N2O10. The van der Waals surface area contributed by atoms with Crippen LogP contribution < -0.4 is 9.47 Å². The Labute approximate surface area is 248 Å². The second kappa shape index (κ2) is 17.6. The van der Waals surface area contributed by atoms with Crippen LogP contribution in [0.1, 0.15) is 31.8 Å². The predicted octanol–water partition coefficient (Wildman–Crippen LogP) is 4.71. The topological polar surface area (TPSA) is 193 Å². The Bertz CT molecular complexity index is 1480. The minimum atomic E-state index is -1.26. The van der Waals surface area contributed by atoms with Gasteiger partial charge in [-0.15, -0.1) is 0 Å². The van der Waals surface area contributed by atoms with Crippen LogP contribution in [0.4, 0.5) is 8.78 Å². The number of hydrogen-bond acceptors (Lipinski definition) is 8. The number of carboxylic acid groups (broad SMARTS) is 4. The molecule has 4 N–H and O–H groups in total. The van der Waals surface area contributed by atoms with Gasteiger partial charge in [0, 0.05) is 47.8 Å². The van der Waals surface area contributed by atoms with Gasteiger partial charge in [-0.3, -0.25) is 0 Å². The highest BCUT2D eigenvalue weighted by molar-refractivity contribution is 5.89. The number of carboxylic acids is 4. The molecule has 0 aliphatic rings. The van der Waals surface area contributed by atoms with Crippen LogP contribution in [0.2, 0.25) is 0 Å². The van der Waals surface area contributed by atoms with Gasteiger partial charge in [0.15, 0.2) is 0 Å². The minimum Gasteiger partial charge on any atom is -0.478 e. The summed E-state index contributed by atoms with van der Waals surface area (Å²) in [5.41, 5.74) is 0.990. The quantitative estimate of drug-likeness (QED) is 0.181. The molecule has 0 spiro atoms. The van der Waals surface area contributed by atoms with E-state index in [-0.39, 0.29) is 47.7 Å². The van der Waals surface area contributed by atoms with Gasteiger partial charge in [-0.2, -0.15) is 0 Å². The number of aliphatic carboxylic acids is 2. The first kappa shape index (κ1) is 34.0. The minimum absolute atomic E-state index is 0.0477. The molecule has 0 saturated carbocycles. The van der Waals surface area contributed by atoms with Crippen LogP contribution in [0.25, 0.3) is 0 Å². The lowest BCUT2D eigenvalue weighted by Crippen LogP contribution is -2.01. The smallest absolute Gasteiger partial charge is 0.337 e. The maximum absolute atomic E-state index is 13.3. The average molecular weight is 611 g/mol. The van der Waals surface area contributed by atoms with Gasteiger partial charge in [-0.1, -0.05) is 36.4 Å². The van der Waals surface area contributed by atoms with Gasteiger partial charge < -0.3 is 29.9 Å². The SMILES string of the molecule is O=C(O)/C=C/C(=O)O.O=C(O)c1ccc(OCc2ccccc2F)nc1.O=C(O)c1ccc(OCc2ccccc2F)nc1. The molecule has 0 saturated heterocycles. The van der Waals surface area contributed by atoms with Gasteiger partial charge >= 0.3 is 23.9 Å². The third kappa shape index (κ3) is 12.6. The Morgan fingerprint density at radius 2 is 0.955 bits per heavy atom. The molecule has 0 bridgehead atoms. The van der Waals surface area contributed by atoms with E-state index in [1.807, 2.05) is 0 Å². The van der Waals surface area contributed by atoms with Gasteiger partial charge in [0.25, 0.3) is 0 Å². The van der Waals surface area contributed by atoms with E-state index in [1.54, 1.807) is 36.4 Å². The molecule has 0 fully saturated rings. The van der Waals surface area contributed by atoms with E-state index in [2.05, 4.69) is 9.97 Å². The molecule has 228 valence electrons. The second-order valence-electron chi connectivity index (χ2n) is 8.15. The summed E-state index contributed by atoms with van der Waals surface area (Å²) in [7, 11) is 0. The Kier molecular flexibility index (Phi) is 13.6. The lowest BCUT2D eigenvalue weighted by atomic mass is 10.2. The Morgan fingerprint density at radius 1 is 0.591 bits per heavy atom. The van der Waals surface area contributed by atoms with Crippen molar-refractivity contribution in [3.05, 3.63) is 131 Å². The standard InChI is InChI=1S/2C13H10FNO3.C4H4O4/c2*14-11-4-2-1-3-10(11)8-18-12-6-5-9(7-15-12)13(16)17;5-3(6)1-2-4(7)8/h2*1-7H,8H2,(H,16,17);1-2H,(H,5,6)(H,7,8)/b;;2-1+. The van der Waals surface area contributed by atoms with Crippen LogP contribution >= 0.6 is 0 Å². The summed E-state index contributed by atoms with van der Waals surface area (Å²) in [6, 6.07) is 18.2. The van der Waals surface area contributed by atoms with Crippen LogP contribution in [0.15, 0.2) is 97.3 Å². The van der Waals surface area contributed by atoms with Crippen molar-refractivity contribution < 1.29 is 57.9 Å². The summed E-state index contributed by atoms with van der Waals surface area (Å²) >= 11 is 0. The molecule has 4 rings (SSSR count). The summed E-state index contributed by atoms with van der Waals surface area (Å²) in [4.78, 5) is 48.0. The zero-order chi connectivity index (χ0) is 32.5. The van der Waals surface area contributed by atoms with E-state index in [0.29, 0.717) is 23.3 Å². The third-order valence-electron chi connectivity index (χ3n) is 5.00. The normalized spacial score (nSPS) is 9.95. The maximum atomic E-state index is 13.3. The van der Waals surface area contributed by atoms with E-state index in [4.69, 9.17) is 29.9 Å². The first-order valence-electron chi connectivity index (χ1n) is 12.2. The molecule has 4 aromatic rings. The van der Waals surface area contributed by atoms with Gasteiger partial charge in [-0.05, 0) is 24.3 Å². The molecule has 44 heavy (non-hydrogen) atoms. The molecule has 2 heterocycles. The Balaban J connectivity index is 0.000000248. The molecular weight excluding hydrogens is 586 g/mol. The summed E-state index contributed by atoms with van der Waals surface area (Å²) in [5, 5.41) is 33.0. The van der Waals surface area contributed by atoms with Crippen molar-refractivity contribution in [1.29, 1.82) is 0 Å². The van der Waals surface area contributed by atoms with Crippen LogP contribution in [-0.2, 0) is 22.8 Å². The molecule has 0 atom stereocenters. The number of halogens is 2. The molecule has 2 aromatic heterocycles. The van der Waals surface area contributed by atoms with Gasteiger partial charge in [0.1, 0.15) is 24.8 Å². The molecule has 12 nitrogen and oxygen atoms in total. The van der Waals surface area contributed by atoms with E-state index in [9.17, 15) is 28.0 Å². The highest BCUT2D eigenvalue weighted by atomic mass is 19.1. The van der Waals surface area contributed by atoms with Crippen molar-refractivity contribution >= 4 is 23.9 Å². The van der Waals surface area contributed by atoms with Crippen molar-refractivity contribution in [2.75, 3.05) is 0 Å². The van der Waals surface area contributed by atoms with Crippen molar-refractivity contribution in [1.82, 2.24) is 9.97 Å². The van der Waals surface area contributed by atoms with Gasteiger partial charge in [0.05, 0.1) is 11.1 Å². The third-order valence-corrected chi connectivity index (χ3v) is 5.00. The first-order chi connectivity index (χ1) is 21.0. The highest BCUT2D eigenvalue weighted by Gasteiger charge is 2.06. The number of aromatic nitrogens is 2. The van der Waals surface area contributed by atoms with E-state index >= 15 is 0 Å². The number of benzene rings is 2. The van der Waals surface area contributed by atoms with Crippen molar-refractivity contribution in [2.24, 2.45) is 0 Å². The van der Waals surface area contributed by atoms with Crippen LogP contribution in [-0.4, -0.2) is 54.3 Å². The van der Waals surface area contributed by atoms with Crippen molar-refractivity contribution in [3.8, 4) is 11.8 Å². The zero-order valence-corrected chi connectivity index (χ0v) is 22.5. The molecule has 0 aliphatic heterocycles. The van der Waals surface area contributed by atoms with Crippen molar-refractivity contribution in [2.45, 2.75) is 13.2 Å². The number of rotatable bonds is 10. The first-order valence-corrected chi connectivity index (χ1v) is 12.2. The lowest BCUT2D eigenvalue weighted by Gasteiger charge is -2.06. The second-order valence-corrected chi connectivity index (χ2v) is 8.15. The zero-order valence-electron chi connectivity index (χ0n) is 22.5. The fraction of sp³-hybridized carbons (Fsp3) is 0.0667. The van der Waals surface area contributed by atoms with E-state index < -0.39 is 23.9 Å². The average Bonchev–Trinajstić information content (AvgIpc) is 3.00. The van der Waals surface area contributed by atoms with Crippen LogP contribution in [0.3, 0.4) is 0 Å². The number of ether oxygens (including phenoxy) is 2. The Hall–Kier alpha value is -6.18. The molecule has 0 amide bonds. The summed E-state index contributed by atoms with van der Waals surface area (Å²) < 4.78 is 37.1. The monoisotopic (exact) mass is 610 g/mol. The summed E-state index contributed by atoms with van der Waals surface area (Å²) in [6.45, 7) is 0.0954. The van der Waals surface area contributed by atoms with Crippen LogP contribution in [0.5, 0.6) is 11.8 Å². The van der Waals surface area contributed by atoms with Gasteiger partial charge in [-0.25, -0.2) is 37.9 Å². The maximum Gasteiger partial charge on any atom is 0.337 e. The molecule has 0 aliphatic carbocycles.